The van der Waals surface area contributed by atoms with Gasteiger partial charge in [-0.05, 0) is 29.6 Å². The van der Waals surface area contributed by atoms with E-state index in [0.717, 1.165) is 11.4 Å². The van der Waals surface area contributed by atoms with E-state index in [1.807, 2.05) is 12.1 Å². The monoisotopic (exact) mass is 372 g/mol. The van der Waals surface area contributed by atoms with Crippen LogP contribution in [0.25, 0.3) is 0 Å². The van der Waals surface area contributed by atoms with Crippen LogP contribution < -0.4 is 9.64 Å². The molecule has 124 valence electrons. The van der Waals surface area contributed by atoms with Gasteiger partial charge < -0.3 is 9.64 Å². The second-order valence-electron chi connectivity index (χ2n) is 5.14. The lowest BCUT2D eigenvalue weighted by molar-refractivity contribution is 0.379. The van der Waals surface area contributed by atoms with Gasteiger partial charge in [0.2, 0.25) is 0 Å². The van der Waals surface area contributed by atoms with Crippen LogP contribution in [0.3, 0.4) is 0 Å². The number of piperazine rings is 1. The predicted molar refractivity (Wildman–Crippen MR) is 93.3 cm³/mol. The van der Waals surface area contributed by atoms with E-state index in [9.17, 15) is 8.42 Å². The van der Waals surface area contributed by atoms with Crippen molar-refractivity contribution in [2.24, 2.45) is 0 Å². The molecular weight excluding hydrogens is 356 g/mol. The molecule has 23 heavy (non-hydrogen) atoms. The summed E-state index contributed by atoms with van der Waals surface area (Å²) in [6.07, 6.45) is 0. The molecule has 2 aromatic rings. The van der Waals surface area contributed by atoms with Crippen LogP contribution in [0.4, 0.5) is 5.69 Å². The third-order valence-electron chi connectivity index (χ3n) is 3.81. The fourth-order valence-electron chi connectivity index (χ4n) is 2.62. The molecule has 0 N–H and O–H groups in total. The van der Waals surface area contributed by atoms with Gasteiger partial charge in [-0.15, -0.1) is 11.3 Å². The molecule has 3 rings (SSSR count). The van der Waals surface area contributed by atoms with Gasteiger partial charge in [0, 0.05) is 31.2 Å². The lowest BCUT2D eigenvalue weighted by Gasteiger charge is -2.35. The predicted octanol–water partition coefficient (Wildman–Crippen LogP) is 2.92. The summed E-state index contributed by atoms with van der Waals surface area (Å²) in [7, 11) is -1.76. The molecule has 1 aromatic heterocycles. The Hall–Kier alpha value is -1.28. The number of ether oxygens (including phenoxy) is 1. The van der Waals surface area contributed by atoms with Crippen LogP contribution in [0.5, 0.6) is 5.75 Å². The van der Waals surface area contributed by atoms with E-state index in [1.54, 1.807) is 30.7 Å². The average molecular weight is 373 g/mol. The molecular formula is C15H17ClN2O3S2. The lowest BCUT2D eigenvalue weighted by atomic mass is 10.2. The number of benzene rings is 1. The normalized spacial score (nSPS) is 16.5. The van der Waals surface area contributed by atoms with Crippen molar-refractivity contribution in [3.05, 3.63) is 40.7 Å². The highest BCUT2D eigenvalue weighted by Gasteiger charge is 2.29. The van der Waals surface area contributed by atoms with E-state index < -0.39 is 10.0 Å². The Morgan fingerprint density at radius 3 is 2.52 bits per heavy atom. The van der Waals surface area contributed by atoms with Crippen molar-refractivity contribution in [2.45, 2.75) is 4.21 Å². The standard InChI is InChI=1S/C15H17ClN2O3S2/c1-21-14-5-4-12(16)11-13(14)17-6-8-18(9-7-17)23(19,20)15-3-2-10-22-15/h2-5,10-11H,6-9H2,1H3. The Balaban J connectivity index is 1.76. The van der Waals surface area contributed by atoms with E-state index in [2.05, 4.69) is 4.90 Å². The van der Waals surface area contributed by atoms with Crippen molar-refractivity contribution in [3.63, 3.8) is 0 Å². The molecule has 0 saturated carbocycles. The summed E-state index contributed by atoms with van der Waals surface area (Å²) in [5, 5.41) is 2.41. The smallest absolute Gasteiger partial charge is 0.252 e. The molecule has 0 amide bonds. The number of hydrogen-bond acceptors (Lipinski definition) is 5. The average Bonchev–Trinajstić information content (AvgIpc) is 3.10. The second-order valence-corrected chi connectivity index (χ2v) is 8.69. The molecule has 0 spiro atoms. The zero-order valence-corrected chi connectivity index (χ0v) is 15.0. The molecule has 0 radical (unpaired) electrons. The minimum Gasteiger partial charge on any atom is -0.495 e. The molecule has 1 saturated heterocycles. The molecule has 1 aliphatic rings. The highest BCUT2D eigenvalue weighted by molar-refractivity contribution is 7.91. The maximum atomic E-state index is 12.5. The van der Waals surface area contributed by atoms with Crippen molar-refractivity contribution in [1.29, 1.82) is 0 Å². The Kier molecular flexibility index (Phi) is 4.82. The van der Waals surface area contributed by atoms with E-state index >= 15 is 0 Å². The van der Waals surface area contributed by atoms with E-state index in [4.69, 9.17) is 16.3 Å². The third kappa shape index (κ3) is 3.33. The molecule has 0 bridgehead atoms. The number of sulfonamides is 1. The number of thiophene rings is 1. The maximum absolute atomic E-state index is 12.5. The fraction of sp³-hybridized carbons (Fsp3) is 0.333. The van der Waals surface area contributed by atoms with Crippen molar-refractivity contribution in [1.82, 2.24) is 4.31 Å². The first kappa shape index (κ1) is 16.6. The SMILES string of the molecule is COc1ccc(Cl)cc1N1CCN(S(=O)(=O)c2cccs2)CC1. The van der Waals surface area contributed by atoms with Gasteiger partial charge in [0.1, 0.15) is 9.96 Å². The lowest BCUT2D eigenvalue weighted by Crippen LogP contribution is -2.48. The largest absolute Gasteiger partial charge is 0.495 e. The van der Waals surface area contributed by atoms with Gasteiger partial charge in [0.25, 0.3) is 10.0 Å². The maximum Gasteiger partial charge on any atom is 0.252 e. The van der Waals surface area contributed by atoms with Crippen molar-refractivity contribution in [3.8, 4) is 5.75 Å². The zero-order valence-electron chi connectivity index (χ0n) is 12.6. The Morgan fingerprint density at radius 1 is 1.17 bits per heavy atom. The number of anilines is 1. The summed E-state index contributed by atoms with van der Waals surface area (Å²) in [4.78, 5) is 2.10. The summed E-state index contributed by atoms with van der Waals surface area (Å²) in [5.74, 6) is 0.740. The summed E-state index contributed by atoms with van der Waals surface area (Å²) in [6.45, 7) is 2.08. The molecule has 5 nitrogen and oxygen atoms in total. The molecule has 1 aromatic carbocycles. The summed E-state index contributed by atoms with van der Waals surface area (Å²) in [5.41, 5.74) is 0.896. The first-order valence-corrected chi connectivity index (χ1v) is 9.84. The molecule has 0 atom stereocenters. The van der Waals surface area contributed by atoms with E-state index in [-0.39, 0.29) is 0 Å². The number of nitrogens with zero attached hydrogens (tertiary/aromatic N) is 2. The van der Waals surface area contributed by atoms with Gasteiger partial charge in [-0.2, -0.15) is 4.31 Å². The van der Waals surface area contributed by atoms with E-state index in [1.165, 1.54) is 15.6 Å². The van der Waals surface area contributed by atoms with Gasteiger partial charge in [-0.25, -0.2) is 8.42 Å². The van der Waals surface area contributed by atoms with Crippen LogP contribution in [0.1, 0.15) is 0 Å². The van der Waals surface area contributed by atoms with Gasteiger partial charge in [0.15, 0.2) is 0 Å². The van der Waals surface area contributed by atoms with Gasteiger partial charge in [0.05, 0.1) is 12.8 Å². The van der Waals surface area contributed by atoms with E-state index in [0.29, 0.717) is 35.4 Å². The molecule has 1 fully saturated rings. The number of halogens is 1. The summed E-state index contributed by atoms with van der Waals surface area (Å²) >= 11 is 7.32. The topological polar surface area (TPSA) is 49.9 Å². The van der Waals surface area contributed by atoms with Crippen LogP contribution >= 0.6 is 22.9 Å². The fourth-order valence-corrected chi connectivity index (χ4v) is 5.35. The zero-order chi connectivity index (χ0) is 16.4. The molecule has 0 aliphatic carbocycles. The summed E-state index contributed by atoms with van der Waals surface area (Å²) < 4.78 is 32.4. The van der Waals surface area contributed by atoms with Gasteiger partial charge in [-0.1, -0.05) is 17.7 Å². The molecule has 2 heterocycles. The molecule has 8 heteroatoms. The Labute approximate surface area is 145 Å². The second kappa shape index (κ2) is 6.68. The minimum absolute atomic E-state index is 0.395. The quantitative estimate of drug-likeness (QED) is 0.828. The van der Waals surface area contributed by atoms with Crippen LogP contribution in [-0.4, -0.2) is 46.0 Å². The van der Waals surface area contributed by atoms with Crippen molar-refractivity contribution < 1.29 is 13.2 Å². The minimum atomic E-state index is -3.38. The number of methoxy groups -OCH3 is 1. The van der Waals surface area contributed by atoms with Gasteiger partial charge in [-0.3, -0.25) is 0 Å². The van der Waals surface area contributed by atoms with Crippen LogP contribution in [0, 0.1) is 0 Å². The number of hydrogen-bond donors (Lipinski definition) is 0. The molecule has 1 aliphatic heterocycles. The highest BCUT2D eigenvalue weighted by atomic mass is 35.5. The van der Waals surface area contributed by atoms with Crippen molar-refractivity contribution in [2.75, 3.05) is 38.2 Å². The first-order valence-electron chi connectivity index (χ1n) is 7.14. The van der Waals surface area contributed by atoms with Gasteiger partial charge >= 0.3 is 0 Å². The van der Waals surface area contributed by atoms with Crippen LogP contribution in [0.15, 0.2) is 39.9 Å². The molecule has 0 unspecified atom stereocenters. The summed E-state index contributed by atoms with van der Waals surface area (Å²) in [6, 6.07) is 8.86. The Morgan fingerprint density at radius 2 is 1.91 bits per heavy atom. The van der Waals surface area contributed by atoms with Crippen molar-refractivity contribution >= 4 is 38.6 Å². The highest BCUT2D eigenvalue weighted by Crippen LogP contribution is 2.32. The third-order valence-corrected chi connectivity index (χ3v) is 7.32. The number of rotatable bonds is 4. The van der Waals surface area contributed by atoms with Crippen LogP contribution in [0.2, 0.25) is 5.02 Å². The first-order chi connectivity index (χ1) is 11.0. The van der Waals surface area contributed by atoms with Crippen LogP contribution in [-0.2, 0) is 10.0 Å². The Bertz CT molecular complexity index is 770.